The highest BCUT2D eigenvalue weighted by Crippen LogP contribution is 2.34. The van der Waals surface area contributed by atoms with Crippen molar-refractivity contribution in [2.75, 3.05) is 5.75 Å². The molecule has 3 nitrogen and oxygen atoms in total. The Balaban J connectivity index is 2.53. The van der Waals surface area contributed by atoms with Gasteiger partial charge in [-0.05, 0) is 6.08 Å². The van der Waals surface area contributed by atoms with Crippen LogP contribution in [0.15, 0.2) is 39.4 Å². The van der Waals surface area contributed by atoms with E-state index in [2.05, 4.69) is 4.99 Å². The molecule has 0 spiro atoms. The van der Waals surface area contributed by atoms with Crippen LogP contribution >= 0.6 is 11.8 Å². The van der Waals surface area contributed by atoms with E-state index < -0.39 is 5.97 Å². The first kappa shape index (κ1) is 8.31. The monoisotopic (exact) mass is 193 g/mol. The first-order valence-corrected chi connectivity index (χ1v) is 4.78. The van der Waals surface area contributed by atoms with Gasteiger partial charge in [-0.2, -0.15) is 0 Å². The van der Waals surface area contributed by atoms with Gasteiger partial charge in [0, 0.05) is 28.6 Å². The van der Waals surface area contributed by atoms with Crippen molar-refractivity contribution in [2.45, 2.75) is 0 Å². The van der Waals surface area contributed by atoms with Crippen LogP contribution in [0.25, 0.3) is 0 Å². The van der Waals surface area contributed by atoms with Gasteiger partial charge in [-0.15, -0.1) is 11.8 Å². The number of allylic oxidation sites excluding steroid dienone is 1. The van der Waals surface area contributed by atoms with E-state index in [-0.39, 0.29) is 0 Å². The van der Waals surface area contributed by atoms with Crippen molar-refractivity contribution in [1.82, 2.24) is 0 Å². The molecule has 0 saturated carbocycles. The molecule has 2 aliphatic rings. The summed E-state index contributed by atoms with van der Waals surface area (Å²) < 4.78 is 0. The molecule has 0 unspecified atom stereocenters. The van der Waals surface area contributed by atoms with Gasteiger partial charge in [0.1, 0.15) is 0 Å². The Hall–Kier alpha value is -1.29. The minimum absolute atomic E-state index is 0.339. The number of aliphatic carboxylic acids is 1. The summed E-state index contributed by atoms with van der Waals surface area (Å²) in [6.45, 7) is 0. The summed E-state index contributed by atoms with van der Waals surface area (Å²) in [6, 6.07) is 0. The predicted molar refractivity (Wildman–Crippen MR) is 52.8 cm³/mol. The van der Waals surface area contributed by atoms with Crippen LogP contribution in [0.3, 0.4) is 0 Å². The van der Waals surface area contributed by atoms with E-state index in [0.29, 0.717) is 5.57 Å². The molecular formula is C9H7NO2S. The molecule has 0 fully saturated rings. The van der Waals surface area contributed by atoms with Gasteiger partial charge in [0.05, 0.1) is 5.57 Å². The van der Waals surface area contributed by atoms with E-state index in [4.69, 9.17) is 5.11 Å². The molecule has 1 N–H and O–H groups in total. The van der Waals surface area contributed by atoms with Crippen molar-refractivity contribution < 1.29 is 9.90 Å². The predicted octanol–water partition coefficient (Wildman–Crippen LogP) is 1.60. The van der Waals surface area contributed by atoms with Gasteiger partial charge in [0.2, 0.25) is 0 Å². The summed E-state index contributed by atoms with van der Waals surface area (Å²) in [5, 5.41) is 8.91. The van der Waals surface area contributed by atoms with Gasteiger partial charge in [-0.1, -0.05) is 6.08 Å². The summed E-state index contributed by atoms with van der Waals surface area (Å²) in [5.41, 5.74) is 1.26. The fraction of sp³-hybridized carbons (Fsp3) is 0.111. The SMILES string of the molecule is O=C(O)C1=C2SCC=C2C=NC=C1. The van der Waals surface area contributed by atoms with Crippen LogP contribution in [0, 0.1) is 0 Å². The van der Waals surface area contributed by atoms with Crippen molar-refractivity contribution in [3.8, 4) is 0 Å². The number of thioether (sulfide) groups is 1. The van der Waals surface area contributed by atoms with E-state index in [0.717, 1.165) is 16.2 Å². The summed E-state index contributed by atoms with van der Waals surface area (Å²) in [5.74, 6) is -0.0570. The maximum Gasteiger partial charge on any atom is 0.336 e. The van der Waals surface area contributed by atoms with Crippen LogP contribution in [0.5, 0.6) is 0 Å². The topological polar surface area (TPSA) is 49.7 Å². The fourth-order valence-corrected chi connectivity index (χ4v) is 2.26. The molecule has 0 saturated heterocycles. The summed E-state index contributed by atoms with van der Waals surface area (Å²) in [6.07, 6.45) is 6.73. The lowest BCUT2D eigenvalue weighted by atomic mass is 10.1. The van der Waals surface area contributed by atoms with Crippen LogP contribution in [0.2, 0.25) is 0 Å². The Morgan fingerprint density at radius 1 is 1.62 bits per heavy atom. The van der Waals surface area contributed by atoms with Crippen LogP contribution < -0.4 is 0 Å². The molecule has 0 aliphatic carbocycles. The Morgan fingerprint density at radius 3 is 3.23 bits per heavy atom. The zero-order valence-electron chi connectivity index (χ0n) is 6.73. The maximum atomic E-state index is 10.8. The second-order valence-electron chi connectivity index (χ2n) is 2.61. The van der Waals surface area contributed by atoms with Crippen molar-refractivity contribution in [3.05, 3.63) is 34.4 Å². The molecular weight excluding hydrogens is 186 g/mol. The van der Waals surface area contributed by atoms with Gasteiger partial charge in [-0.3, -0.25) is 4.99 Å². The Kier molecular flexibility index (Phi) is 2.06. The van der Waals surface area contributed by atoms with E-state index >= 15 is 0 Å². The largest absolute Gasteiger partial charge is 0.478 e. The molecule has 2 aliphatic heterocycles. The third kappa shape index (κ3) is 1.45. The van der Waals surface area contributed by atoms with Crippen molar-refractivity contribution >= 4 is 23.9 Å². The number of hydrogen-bond acceptors (Lipinski definition) is 3. The van der Waals surface area contributed by atoms with Crippen molar-refractivity contribution in [3.63, 3.8) is 0 Å². The van der Waals surface area contributed by atoms with Gasteiger partial charge >= 0.3 is 5.97 Å². The first-order chi connectivity index (χ1) is 6.29. The van der Waals surface area contributed by atoms with E-state index in [1.54, 1.807) is 6.21 Å². The number of carboxylic acids is 1. The minimum Gasteiger partial charge on any atom is -0.478 e. The highest BCUT2D eigenvalue weighted by molar-refractivity contribution is 8.03. The number of carboxylic acid groups (broad SMARTS) is 1. The number of hydrogen-bond donors (Lipinski definition) is 1. The van der Waals surface area contributed by atoms with Gasteiger partial charge in [0.25, 0.3) is 0 Å². The number of nitrogens with zero attached hydrogens (tertiary/aromatic N) is 1. The third-order valence-corrected chi connectivity index (χ3v) is 2.89. The summed E-state index contributed by atoms with van der Waals surface area (Å²) in [7, 11) is 0. The van der Waals surface area contributed by atoms with Crippen molar-refractivity contribution in [2.24, 2.45) is 4.99 Å². The maximum absolute atomic E-state index is 10.8. The quantitative estimate of drug-likeness (QED) is 0.688. The third-order valence-electron chi connectivity index (χ3n) is 1.81. The van der Waals surface area contributed by atoms with E-state index in [1.165, 1.54) is 24.0 Å². The van der Waals surface area contributed by atoms with Gasteiger partial charge in [-0.25, -0.2) is 4.79 Å². The molecule has 4 heteroatoms. The minimum atomic E-state index is -0.892. The highest BCUT2D eigenvalue weighted by Gasteiger charge is 2.19. The van der Waals surface area contributed by atoms with E-state index in [9.17, 15) is 4.79 Å². The Bertz CT molecular complexity index is 377. The number of carbonyl (C=O) groups is 1. The summed E-state index contributed by atoms with van der Waals surface area (Å²) >= 11 is 1.54. The molecule has 2 rings (SSSR count). The normalized spacial score (nSPS) is 19.8. The lowest BCUT2D eigenvalue weighted by Gasteiger charge is -2.00. The molecule has 66 valence electrons. The zero-order valence-corrected chi connectivity index (χ0v) is 7.54. The highest BCUT2D eigenvalue weighted by atomic mass is 32.2. The second-order valence-corrected chi connectivity index (χ2v) is 3.64. The first-order valence-electron chi connectivity index (χ1n) is 3.79. The molecule has 0 bridgehead atoms. The number of fused-ring (bicyclic) bond motifs is 1. The summed E-state index contributed by atoms with van der Waals surface area (Å²) in [4.78, 5) is 15.6. The van der Waals surface area contributed by atoms with Gasteiger partial charge in [0.15, 0.2) is 0 Å². The standard InChI is InChI=1S/C9H7NO2S/c11-9(12)7-1-3-10-5-6-2-4-13-8(6)7/h1-3,5H,4H2,(H,11,12). The van der Waals surface area contributed by atoms with Crippen LogP contribution in [0.1, 0.15) is 0 Å². The molecule has 0 aromatic rings. The lowest BCUT2D eigenvalue weighted by molar-refractivity contribution is -0.132. The number of aliphatic imine (C=N–C) groups is 1. The number of rotatable bonds is 1. The van der Waals surface area contributed by atoms with Crippen LogP contribution in [-0.2, 0) is 4.79 Å². The second kappa shape index (κ2) is 3.22. The average molecular weight is 193 g/mol. The van der Waals surface area contributed by atoms with Crippen LogP contribution in [0.4, 0.5) is 0 Å². The average Bonchev–Trinajstić information content (AvgIpc) is 2.44. The van der Waals surface area contributed by atoms with Crippen LogP contribution in [-0.4, -0.2) is 23.0 Å². The van der Waals surface area contributed by atoms with Crippen molar-refractivity contribution in [1.29, 1.82) is 0 Å². The molecule has 0 atom stereocenters. The molecule has 0 aromatic carbocycles. The fourth-order valence-electron chi connectivity index (χ4n) is 1.22. The molecule has 0 radical (unpaired) electrons. The lowest BCUT2D eigenvalue weighted by Crippen LogP contribution is -2.00. The Morgan fingerprint density at radius 2 is 2.46 bits per heavy atom. The molecule has 0 amide bonds. The van der Waals surface area contributed by atoms with Gasteiger partial charge < -0.3 is 5.11 Å². The smallest absolute Gasteiger partial charge is 0.336 e. The van der Waals surface area contributed by atoms with E-state index in [1.807, 2.05) is 6.08 Å². The zero-order chi connectivity index (χ0) is 9.26. The molecule has 13 heavy (non-hydrogen) atoms. The Labute approximate surface area is 79.6 Å². The molecule has 2 heterocycles. The molecule has 0 aromatic heterocycles.